The van der Waals surface area contributed by atoms with E-state index in [2.05, 4.69) is 0 Å². The quantitative estimate of drug-likeness (QED) is 0.399. The fraction of sp³-hybridized carbons (Fsp3) is 0. The van der Waals surface area contributed by atoms with Gasteiger partial charge in [-0.3, -0.25) is 4.46 Å². The summed E-state index contributed by atoms with van der Waals surface area (Å²) in [6.07, 6.45) is -1.83. The van der Waals surface area contributed by atoms with Crippen molar-refractivity contribution in [3.05, 3.63) is 0 Å². The molecule has 0 aromatic heterocycles. The molecule has 0 saturated carbocycles. The Morgan fingerprint density at radius 1 is 1.33 bits per heavy atom. The Balaban J connectivity index is -0.0000000171. The smallest absolute Gasteiger partial charge is 1.00 e. The van der Waals surface area contributed by atoms with Crippen molar-refractivity contribution in [1.29, 1.82) is 0 Å². The van der Waals surface area contributed by atoms with Gasteiger partial charge in [-0.05, 0) is 0 Å². The molecule has 0 rings (SSSR count). The van der Waals surface area contributed by atoms with E-state index in [4.69, 9.17) is 29.1 Å². The molecule has 9 heavy (non-hydrogen) atoms. The fourth-order valence-corrected chi connectivity index (χ4v) is 0. The van der Waals surface area contributed by atoms with Gasteiger partial charge in [-0.25, -0.2) is 4.79 Å². The molecule has 6 nitrogen and oxygen atoms in total. The van der Waals surface area contributed by atoms with Crippen LogP contribution in [0.2, 0.25) is 0 Å². The number of hydrogen-bond donors (Lipinski definition) is 4. The van der Waals surface area contributed by atoms with Gasteiger partial charge >= 0.3 is 64.2 Å². The predicted octanol–water partition coefficient (Wildman–Crippen LogP) is -1.55. The van der Waals surface area contributed by atoms with E-state index in [1.807, 2.05) is 0 Å². The minimum Gasteiger partial charge on any atom is -1.00 e. The largest absolute Gasteiger partial charge is 2.00 e. The van der Waals surface area contributed by atoms with Gasteiger partial charge in [-0.15, -0.1) is 0 Å². The van der Waals surface area contributed by atoms with Crippen LogP contribution in [0.5, 0.6) is 0 Å². The zero-order valence-electron chi connectivity index (χ0n) is 6.31. The van der Waals surface area contributed by atoms with Crippen LogP contribution in [0.1, 0.15) is 2.85 Å². The summed E-state index contributed by atoms with van der Waals surface area (Å²) in [7, 11) is -3.13. The Morgan fingerprint density at radius 3 is 1.33 bits per heavy atom. The first-order chi connectivity index (χ1) is 3.46. The van der Waals surface area contributed by atoms with E-state index in [1.165, 1.54) is 0 Å². The number of carbonyl (C=O) groups is 1. The maximum Gasteiger partial charge on any atom is 2.00 e. The molecule has 0 aliphatic carbocycles. The molecule has 8 heteroatoms. The Kier molecular flexibility index (Phi) is 20.3. The average Bonchev–Trinajstić information content (AvgIpc) is 1.25. The first-order valence-electron chi connectivity index (χ1n) is 1.30. The van der Waals surface area contributed by atoms with Gasteiger partial charge in [0.1, 0.15) is 0 Å². The van der Waals surface area contributed by atoms with E-state index < -0.39 is 15.3 Å². The normalized spacial score (nSPS) is 5.33. The average molecular weight is 279 g/mol. The van der Waals surface area contributed by atoms with Crippen molar-refractivity contribution in [2.24, 2.45) is 0 Å². The molecule has 0 aliphatic rings. The molecule has 0 atom stereocenters. The maximum absolute atomic E-state index is 8.74. The minimum atomic E-state index is -3.13. The summed E-state index contributed by atoms with van der Waals surface area (Å²) < 4.78 is 8.74. The summed E-state index contributed by atoms with van der Waals surface area (Å²) in [5.41, 5.74) is 0. The van der Waals surface area contributed by atoms with Crippen LogP contribution in [0.25, 0.3) is 0 Å². The number of carboxylic acid groups (broad SMARTS) is 2. The van der Waals surface area contributed by atoms with Gasteiger partial charge < -0.3 is 22.7 Å². The van der Waals surface area contributed by atoms with Crippen LogP contribution in [0.4, 0.5) is 4.79 Å². The fourth-order valence-electron chi connectivity index (χ4n) is 0. The van der Waals surface area contributed by atoms with Crippen molar-refractivity contribution in [2.45, 2.75) is 0 Å². The third-order valence-electron chi connectivity index (χ3n) is 0. The Labute approximate surface area is 95.1 Å². The second-order valence-electron chi connectivity index (χ2n) is 0.565. The molecule has 0 radical (unpaired) electrons. The maximum atomic E-state index is 8.74. The van der Waals surface area contributed by atoms with Crippen molar-refractivity contribution >= 4 is 64.2 Å². The summed E-state index contributed by atoms with van der Waals surface area (Å²) in [5.74, 6) is 0. The van der Waals surface area contributed by atoms with E-state index in [0.29, 0.717) is 0 Å². The van der Waals surface area contributed by atoms with Crippen molar-refractivity contribution in [1.82, 2.24) is 0 Å². The molecule has 0 aliphatic heterocycles. The van der Waals surface area contributed by atoms with Gasteiger partial charge in [0, 0.05) is 0 Å². The second kappa shape index (κ2) is 11.3. The Morgan fingerprint density at radius 2 is 1.33 bits per heavy atom. The molecule has 0 spiro atoms. The summed E-state index contributed by atoms with van der Waals surface area (Å²) in [4.78, 5) is 22.9. The van der Waals surface area contributed by atoms with Crippen LogP contribution in [0.15, 0.2) is 0 Å². The molecule has 0 saturated heterocycles. The first kappa shape index (κ1) is 16.2. The first-order valence-corrected chi connectivity index (χ1v) is 2.61. The second-order valence-corrected chi connectivity index (χ2v) is 1.13. The van der Waals surface area contributed by atoms with E-state index >= 15 is 0 Å². The predicted molar refractivity (Wildman–Crippen MR) is 29.5 cm³/mol. The Hall–Kier alpha value is 0.458. The van der Waals surface area contributed by atoms with Gasteiger partial charge in [-0.1, -0.05) is 0 Å². The SMILES string of the molecule is O=C(O)O.O=[Si](O)O.[Ba+2].[H-].[H-]. The van der Waals surface area contributed by atoms with Gasteiger partial charge in [0.15, 0.2) is 0 Å². The van der Waals surface area contributed by atoms with Crippen molar-refractivity contribution < 1.29 is 31.9 Å². The molecule has 0 fully saturated rings. The third kappa shape index (κ3) is 1680. The molecule has 4 N–H and O–H groups in total. The van der Waals surface area contributed by atoms with E-state index in [9.17, 15) is 0 Å². The summed E-state index contributed by atoms with van der Waals surface area (Å²) in [6.45, 7) is 0. The van der Waals surface area contributed by atoms with Crippen LogP contribution in [0, 0.1) is 0 Å². The van der Waals surface area contributed by atoms with Gasteiger partial charge in [0.05, 0.1) is 0 Å². The van der Waals surface area contributed by atoms with Gasteiger partial charge in [0.25, 0.3) is 0 Å². The molecular weight excluding hydrogens is 273 g/mol. The van der Waals surface area contributed by atoms with Crippen molar-refractivity contribution in [2.75, 3.05) is 0 Å². The molecular formula is CH6BaO6Si. The molecule has 0 amide bonds. The molecule has 52 valence electrons. The van der Waals surface area contributed by atoms with Crippen LogP contribution in [-0.4, -0.2) is 84.0 Å². The van der Waals surface area contributed by atoms with E-state index in [0.717, 1.165) is 0 Å². The minimum absolute atomic E-state index is 0. The standard InChI is InChI=1S/CH2O3.Ba.H2O3Si.2H/c2-1(3)4;;1-4(2)3;;/h(H2,2,3,4);;1-2H;;/q;+2;;2*-1. The van der Waals surface area contributed by atoms with Gasteiger partial charge in [-0.2, -0.15) is 0 Å². The van der Waals surface area contributed by atoms with Gasteiger partial charge in [0.2, 0.25) is 0 Å². The van der Waals surface area contributed by atoms with Crippen molar-refractivity contribution in [3.8, 4) is 0 Å². The number of hydrogen-bond acceptors (Lipinski definition) is 2. The third-order valence-corrected chi connectivity index (χ3v) is 0. The molecule has 0 unspecified atom stereocenters. The van der Waals surface area contributed by atoms with Crippen molar-refractivity contribution in [3.63, 3.8) is 0 Å². The van der Waals surface area contributed by atoms with Crippen LogP contribution in [-0.2, 0) is 4.46 Å². The zero-order valence-corrected chi connectivity index (χ0v) is 9.75. The van der Waals surface area contributed by atoms with Crippen LogP contribution >= 0.6 is 0 Å². The van der Waals surface area contributed by atoms with Crippen LogP contribution < -0.4 is 0 Å². The monoisotopic (exact) mass is 280 g/mol. The number of rotatable bonds is 0. The Bertz CT molecular complexity index is 78.6. The zero-order chi connectivity index (χ0) is 7.15. The summed E-state index contributed by atoms with van der Waals surface area (Å²) in [6, 6.07) is 0. The molecule has 0 heterocycles. The molecule has 0 bridgehead atoms. The van der Waals surface area contributed by atoms with E-state index in [1.54, 1.807) is 0 Å². The topological polar surface area (TPSA) is 115 Å². The summed E-state index contributed by atoms with van der Waals surface area (Å²) in [5, 5.41) is 13.9. The molecule has 0 aromatic rings. The van der Waals surface area contributed by atoms with E-state index in [-0.39, 0.29) is 51.7 Å². The molecule has 0 aromatic carbocycles. The van der Waals surface area contributed by atoms with Crippen LogP contribution in [0.3, 0.4) is 0 Å². The summed E-state index contributed by atoms with van der Waals surface area (Å²) >= 11 is 0.